The number of ether oxygens (including phenoxy) is 1. The third kappa shape index (κ3) is 4.31. The van der Waals surface area contributed by atoms with Gasteiger partial charge in [0.25, 0.3) is 0 Å². The Hall–Kier alpha value is -2.76. The summed E-state index contributed by atoms with van der Waals surface area (Å²) in [6.45, 7) is 2.93. The molecular formula is C18H19N7O2S2. The lowest BCUT2D eigenvalue weighted by Gasteiger charge is -2.09. The van der Waals surface area contributed by atoms with Crippen LogP contribution >= 0.6 is 23.1 Å². The molecule has 0 spiro atoms. The average molecular weight is 430 g/mol. The third-order valence-electron chi connectivity index (χ3n) is 4.17. The number of fused-ring (bicyclic) bond motifs is 1. The van der Waals surface area contributed by atoms with E-state index in [1.807, 2.05) is 42.0 Å². The fourth-order valence-electron chi connectivity index (χ4n) is 2.87. The zero-order valence-electron chi connectivity index (χ0n) is 15.9. The van der Waals surface area contributed by atoms with Gasteiger partial charge < -0.3 is 9.72 Å². The molecule has 150 valence electrons. The predicted molar refractivity (Wildman–Crippen MR) is 113 cm³/mol. The lowest BCUT2D eigenvalue weighted by molar-refractivity contribution is -0.113. The van der Waals surface area contributed by atoms with Gasteiger partial charge in [-0.25, -0.2) is 0 Å². The molecule has 1 aromatic carbocycles. The maximum Gasteiger partial charge on any atom is 0.236 e. The zero-order chi connectivity index (χ0) is 20.2. The van der Waals surface area contributed by atoms with Crippen molar-refractivity contribution in [2.24, 2.45) is 0 Å². The van der Waals surface area contributed by atoms with Crippen molar-refractivity contribution in [2.45, 2.75) is 18.6 Å². The number of nitrogens with one attached hydrogen (secondary N) is 2. The molecule has 0 fully saturated rings. The van der Waals surface area contributed by atoms with Crippen molar-refractivity contribution >= 4 is 45.0 Å². The molecule has 11 heteroatoms. The van der Waals surface area contributed by atoms with E-state index in [0.29, 0.717) is 23.4 Å². The molecule has 29 heavy (non-hydrogen) atoms. The first-order valence-corrected chi connectivity index (χ1v) is 10.7. The number of hydrogen-bond acceptors (Lipinski definition) is 8. The van der Waals surface area contributed by atoms with Gasteiger partial charge in [-0.3, -0.25) is 14.7 Å². The van der Waals surface area contributed by atoms with Crippen LogP contribution < -0.4 is 5.32 Å². The molecule has 1 amide bonds. The Bertz CT molecular complexity index is 1130. The second kappa shape index (κ2) is 8.72. The predicted octanol–water partition coefficient (Wildman–Crippen LogP) is 2.96. The molecule has 0 saturated carbocycles. The number of H-pyrrole nitrogens is 1. The highest BCUT2D eigenvalue weighted by Crippen LogP contribution is 2.30. The number of nitrogens with zero attached hydrogens (tertiary/aromatic N) is 5. The minimum atomic E-state index is -0.166. The molecule has 0 saturated heterocycles. The number of carbonyl (C=O) groups excluding carboxylic acids is 1. The quantitative estimate of drug-likeness (QED) is 0.414. The molecule has 2 N–H and O–H groups in total. The minimum Gasteiger partial charge on any atom is -0.383 e. The maximum absolute atomic E-state index is 12.3. The topological polar surface area (TPSA) is 111 Å². The van der Waals surface area contributed by atoms with E-state index in [1.54, 1.807) is 7.11 Å². The number of benzene rings is 1. The summed E-state index contributed by atoms with van der Waals surface area (Å²) in [5.41, 5.74) is 1.99. The fourth-order valence-corrected chi connectivity index (χ4v) is 4.24. The molecule has 3 aromatic heterocycles. The smallest absolute Gasteiger partial charge is 0.236 e. The molecule has 0 bridgehead atoms. The van der Waals surface area contributed by atoms with Gasteiger partial charge >= 0.3 is 0 Å². The van der Waals surface area contributed by atoms with E-state index in [1.165, 1.54) is 23.1 Å². The molecule has 0 aliphatic carbocycles. The van der Waals surface area contributed by atoms with Gasteiger partial charge in [-0.2, -0.15) is 0 Å². The van der Waals surface area contributed by atoms with Gasteiger partial charge in [0.15, 0.2) is 11.0 Å². The van der Waals surface area contributed by atoms with Crippen LogP contribution in [0.2, 0.25) is 0 Å². The fraction of sp³-hybridized carbons (Fsp3) is 0.278. The third-order valence-corrected chi connectivity index (χ3v) is 5.89. The van der Waals surface area contributed by atoms with Crippen molar-refractivity contribution in [2.75, 3.05) is 24.8 Å². The Morgan fingerprint density at radius 1 is 1.28 bits per heavy atom. The van der Waals surface area contributed by atoms with E-state index in [9.17, 15) is 4.79 Å². The number of carbonyl (C=O) groups is 1. The zero-order valence-corrected chi connectivity index (χ0v) is 17.5. The van der Waals surface area contributed by atoms with Crippen LogP contribution in [0.15, 0.2) is 35.6 Å². The molecule has 9 nitrogen and oxygen atoms in total. The summed E-state index contributed by atoms with van der Waals surface area (Å²) in [6.07, 6.45) is 1.93. The molecule has 0 radical (unpaired) electrons. The second-order valence-corrected chi connectivity index (χ2v) is 8.29. The van der Waals surface area contributed by atoms with Crippen LogP contribution in [-0.4, -0.2) is 55.3 Å². The van der Waals surface area contributed by atoms with Gasteiger partial charge in [-0.05, 0) is 13.0 Å². The van der Waals surface area contributed by atoms with E-state index >= 15 is 0 Å². The first-order valence-electron chi connectivity index (χ1n) is 8.87. The number of aromatic nitrogens is 6. The summed E-state index contributed by atoms with van der Waals surface area (Å²) in [7, 11) is 1.65. The number of anilines is 1. The highest BCUT2D eigenvalue weighted by atomic mass is 32.2. The number of aryl methyl sites for hydroxylation is 1. The number of rotatable bonds is 8. The van der Waals surface area contributed by atoms with Crippen LogP contribution in [0.1, 0.15) is 5.01 Å². The van der Waals surface area contributed by atoms with Crippen molar-refractivity contribution < 1.29 is 9.53 Å². The Labute approximate surface area is 174 Å². The summed E-state index contributed by atoms with van der Waals surface area (Å²) < 4.78 is 7.23. The molecule has 3 heterocycles. The van der Waals surface area contributed by atoms with Crippen LogP contribution in [0.5, 0.6) is 0 Å². The van der Waals surface area contributed by atoms with Crippen molar-refractivity contribution in [1.29, 1.82) is 0 Å². The first kappa shape index (κ1) is 19.6. The van der Waals surface area contributed by atoms with Crippen LogP contribution in [0.4, 0.5) is 5.13 Å². The van der Waals surface area contributed by atoms with Crippen LogP contribution in [0.3, 0.4) is 0 Å². The van der Waals surface area contributed by atoms with E-state index in [0.717, 1.165) is 27.3 Å². The second-order valence-electron chi connectivity index (χ2n) is 6.16. The van der Waals surface area contributed by atoms with Gasteiger partial charge in [0.1, 0.15) is 5.01 Å². The lowest BCUT2D eigenvalue weighted by Crippen LogP contribution is -2.15. The van der Waals surface area contributed by atoms with Crippen molar-refractivity contribution in [3.63, 3.8) is 0 Å². The normalized spacial score (nSPS) is 11.2. The van der Waals surface area contributed by atoms with E-state index in [4.69, 9.17) is 4.74 Å². The van der Waals surface area contributed by atoms with Gasteiger partial charge in [0, 0.05) is 29.8 Å². The minimum absolute atomic E-state index is 0.166. The molecule has 4 aromatic rings. The van der Waals surface area contributed by atoms with Gasteiger partial charge in [0.2, 0.25) is 11.0 Å². The SMILES string of the molecule is COCCn1c(SCC(=O)Nc2nnc(C)s2)nnc1-c1c[nH]c2ccccc12. The molecule has 0 aliphatic rings. The van der Waals surface area contributed by atoms with Crippen LogP contribution in [0, 0.1) is 6.92 Å². The highest BCUT2D eigenvalue weighted by Gasteiger charge is 2.18. The number of amides is 1. The van der Waals surface area contributed by atoms with Crippen molar-refractivity contribution in [3.05, 3.63) is 35.5 Å². The Balaban J connectivity index is 1.55. The number of aromatic amines is 1. The summed E-state index contributed by atoms with van der Waals surface area (Å²) in [4.78, 5) is 15.5. The van der Waals surface area contributed by atoms with Gasteiger partial charge in [0.05, 0.1) is 18.9 Å². The number of para-hydroxylation sites is 1. The van der Waals surface area contributed by atoms with Crippen molar-refractivity contribution in [3.8, 4) is 11.4 Å². The summed E-state index contributed by atoms with van der Waals surface area (Å²) in [6, 6.07) is 8.03. The largest absolute Gasteiger partial charge is 0.383 e. The number of methoxy groups -OCH3 is 1. The first-order chi connectivity index (χ1) is 14.2. The average Bonchev–Trinajstić information content (AvgIpc) is 3.42. The summed E-state index contributed by atoms with van der Waals surface area (Å²) in [5, 5.41) is 22.3. The van der Waals surface area contributed by atoms with E-state index in [-0.39, 0.29) is 11.7 Å². The number of hydrogen-bond donors (Lipinski definition) is 2. The summed E-state index contributed by atoms with van der Waals surface area (Å²) >= 11 is 2.66. The van der Waals surface area contributed by atoms with Crippen LogP contribution in [-0.2, 0) is 16.1 Å². The van der Waals surface area contributed by atoms with Crippen LogP contribution in [0.25, 0.3) is 22.3 Å². The Morgan fingerprint density at radius 2 is 2.14 bits per heavy atom. The Morgan fingerprint density at radius 3 is 2.93 bits per heavy atom. The monoisotopic (exact) mass is 429 g/mol. The van der Waals surface area contributed by atoms with E-state index in [2.05, 4.69) is 30.7 Å². The summed E-state index contributed by atoms with van der Waals surface area (Å²) in [5.74, 6) is 0.765. The van der Waals surface area contributed by atoms with Crippen molar-refractivity contribution in [1.82, 2.24) is 29.9 Å². The van der Waals surface area contributed by atoms with E-state index < -0.39 is 0 Å². The highest BCUT2D eigenvalue weighted by molar-refractivity contribution is 7.99. The number of thioether (sulfide) groups is 1. The lowest BCUT2D eigenvalue weighted by atomic mass is 10.1. The van der Waals surface area contributed by atoms with Gasteiger partial charge in [-0.1, -0.05) is 41.3 Å². The Kier molecular flexibility index (Phi) is 5.88. The molecule has 0 aliphatic heterocycles. The molecule has 0 unspecified atom stereocenters. The maximum atomic E-state index is 12.3. The molecular weight excluding hydrogens is 410 g/mol. The standard InChI is InChI=1S/C18H19N7O2S2/c1-11-21-23-17(29-11)20-15(26)10-28-18-24-22-16(25(18)7-8-27-2)13-9-19-14-6-4-3-5-12(13)14/h3-6,9,19H,7-8,10H2,1-2H3,(H,20,23,26). The molecule has 0 atom stereocenters. The molecule has 4 rings (SSSR count). The van der Waals surface area contributed by atoms with Gasteiger partial charge in [-0.15, -0.1) is 20.4 Å².